The molecule has 0 aliphatic heterocycles. The van der Waals surface area contributed by atoms with Gasteiger partial charge in [-0.3, -0.25) is 0 Å². The van der Waals surface area contributed by atoms with Crippen LogP contribution in [0.5, 0.6) is 0 Å². The van der Waals surface area contributed by atoms with E-state index in [1.807, 2.05) is 65.8 Å². The molecule has 0 aromatic heterocycles. The summed E-state index contributed by atoms with van der Waals surface area (Å²) >= 11 is 6.32. The molecule has 21 heavy (non-hydrogen) atoms. The monoisotopic (exact) mass is 306 g/mol. The normalized spacial score (nSPS) is 13.3. The number of hydrogen-bond acceptors (Lipinski definition) is 2. The van der Waals surface area contributed by atoms with Crippen LogP contribution in [0.3, 0.4) is 0 Å². The van der Waals surface area contributed by atoms with Crippen LogP contribution in [0.15, 0.2) is 35.9 Å². The van der Waals surface area contributed by atoms with Crippen molar-refractivity contribution in [3.05, 3.63) is 52.1 Å². The van der Waals surface area contributed by atoms with Crippen molar-refractivity contribution in [3.63, 3.8) is 0 Å². The number of hydrogen-bond donors (Lipinski definition) is 0. The van der Waals surface area contributed by atoms with Crippen LogP contribution >= 0.6 is 11.6 Å². The van der Waals surface area contributed by atoms with E-state index in [1.165, 1.54) is 0 Å². The Morgan fingerprint density at radius 1 is 1.19 bits per heavy atom. The maximum Gasteiger partial charge on any atom is 0.338 e. The Hall–Kier alpha value is -1.54. The lowest BCUT2D eigenvalue weighted by atomic mass is 9.96. The van der Waals surface area contributed by atoms with Gasteiger partial charge >= 0.3 is 5.97 Å². The average molecular weight is 307 g/mol. The number of aryl methyl sites for hydroxylation is 1. The summed E-state index contributed by atoms with van der Waals surface area (Å²) in [7, 11) is 0. The van der Waals surface area contributed by atoms with Gasteiger partial charge < -0.3 is 4.74 Å². The summed E-state index contributed by atoms with van der Waals surface area (Å²) in [5.74, 6) is -0.338. The van der Waals surface area contributed by atoms with Crippen molar-refractivity contribution in [2.75, 3.05) is 0 Å². The zero-order chi connectivity index (χ0) is 16.2. The molecule has 1 aromatic carbocycles. The number of rotatable bonds is 3. The molecule has 0 aliphatic rings. The van der Waals surface area contributed by atoms with Crippen LogP contribution in [0.25, 0.3) is 5.57 Å². The zero-order valence-electron chi connectivity index (χ0n) is 13.6. The Morgan fingerprint density at radius 2 is 1.81 bits per heavy atom. The minimum atomic E-state index is -0.527. The van der Waals surface area contributed by atoms with Crippen molar-refractivity contribution >= 4 is 23.1 Å². The highest BCUT2D eigenvalue weighted by Crippen LogP contribution is 2.31. The van der Waals surface area contributed by atoms with Gasteiger partial charge in [0.25, 0.3) is 0 Å². The molecule has 0 aliphatic carbocycles. The lowest BCUT2D eigenvalue weighted by Gasteiger charge is -2.22. The van der Waals surface area contributed by atoms with E-state index in [4.69, 9.17) is 16.3 Å². The predicted octanol–water partition coefficient (Wildman–Crippen LogP) is 5.34. The second-order valence-corrected chi connectivity index (χ2v) is 6.30. The minimum absolute atomic E-state index is 0.338. The van der Waals surface area contributed by atoms with Gasteiger partial charge in [0.05, 0.1) is 5.57 Å². The van der Waals surface area contributed by atoms with Gasteiger partial charge in [0.15, 0.2) is 0 Å². The number of benzene rings is 1. The molecule has 0 atom stereocenters. The van der Waals surface area contributed by atoms with E-state index in [0.717, 1.165) is 16.7 Å². The number of carbonyl (C=O) groups is 1. The molecule has 3 heteroatoms. The number of halogens is 1. The highest BCUT2D eigenvalue weighted by molar-refractivity contribution is 6.33. The lowest BCUT2D eigenvalue weighted by molar-refractivity contribution is -0.149. The molecule has 0 N–H and O–H groups in total. The van der Waals surface area contributed by atoms with Gasteiger partial charge in [-0.25, -0.2) is 4.79 Å². The Labute approximate surface area is 132 Å². The molecule has 0 fully saturated rings. The van der Waals surface area contributed by atoms with Crippen LogP contribution in [-0.2, 0) is 9.53 Å². The average Bonchev–Trinajstić information content (AvgIpc) is 2.34. The summed E-state index contributed by atoms with van der Waals surface area (Å²) in [6.45, 7) is 11.3. The Kier molecular flexibility index (Phi) is 5.79. The van der Waals surface area contributed by atoms with Gasteiger partial charge in [0, 0.05) is 10.6 Å². The summed E-state index contributed by atoms with van der Waals surface area (Å²) in [6, 6.07) is 5.80. The van der Waals surface area contributed by atoms with Crippen molar-refractivity contribution in [1.82, 2.24) is 0 Å². The molecule has 114 valence electrons. The van der Waals surface area contributed by atoms with Crippen LogP contribution in [0.4, 0.5) is 0 Å². The lowest BCUT2D eigenvalue weighted by Crippen LogP contribution is -2.25. The third kappa shape index (κ3) is 4.75. The Bertz CT molecular complexity index is 590. The summed E-state index contributed by atoms with van der Waals surface area (Å²) in [5, 5.41) is 0.631. The fourth-order valence-corrected chi connectivity index (χ4v) is 2.35. The van der Waals surface area contributed by atoms with E-state index in [1.54, 1.807) is 6.08 Å². The van der Waals surface area contributed by atoms with Crippen molar-refractivity contribution in [2.45, 2.75) is 47.1 Å². The molecule has 0 saturated heterocycles. The van der Waals surface area contributed by atoms with E-state index in [-0.39, 0.29) is 5.97 Å². The van der Waals surface area contributed by atoms with E-state index in [0.29, 0.717) is 10.6 Å². The molecule has 2 nitrogen and oxygen atoms in total. The molecular weight excluding hydrogens is 284 g/mol. The molecule has 0 radical (unpaired) electrons. The van der Waals surface area contributed by atoms with Crippen LogP contribution in [0, 0.1) is 6.92 Å². The largest absolute Gasteiger partial charge is 0.456 e. The molecular formula is C18H23ClO2. The third-order valence-corrected chi connectivity index (χ3v) is 3.21. The van der Waals surface area contributed by atoms with Crippen molar-refractivity contribution in [2.24, 2.45) is 0 Å². The van der Waals surface area contributed by atoms with Crippen molar-refractivity contribution in [3.8, 4) is 0 Å². The number of ether oxygens (including phenoxy) is 1. The Balaban J connectivity index is 3.22. The predicted molar refractivity (Wildman–Crippen MR) is 89.4 cm³/mol. The summed E-state index contributed by atoms with van der Waals surface area (Å²) < 4.78 is 5.47. The van der Waals surface area contributed by atoms with Crippen LogP contribution < -0.4 is 0 Å². The van der Waals surface area contributed by atoms with Crippen LogP contribution in [0.1, 0.15) is 45.7 Å². The highest BCUT2D eigenvalue weighted by Gasteiger charge is 2.23. The maximum atomic E-state index is 12.4. The molecule has 0 heterocycles. The molecule has 0 unspecified atom stereocenters. The van der Waals surface area contributed by atoms with Crippen molar-refractivity contribution < 1.29 is 9.53 Å². The second kappa shape index (κ2) is 6.95. The summed E-state index contributed by atoms with van der Waals surface area (Å²) in [4.78, 5) is 12.4. The first-order valence-corrected chi connectivity index (χ1v) is 7.40. The van der Waals surface area contributed by atoms with E-state index in [2.05, 4.69) is 0 Å². The van der Waals surface area contributed by atoms with E-state index >= 15 is 0 Å². The first-order chi connectivity index (χ1) is 9.69. The minimum Gasteiger partial charge on any atom is -0.456 e. The topological polar surface area (TPSA) is 26.3 Å². The smallest absolute Gasteiger partial charge is 0.338 e. The van der Waals surface area contributed by atoms with Crippen molar-refractivity contribution in [1.29, 1.82) is 0 Å². The molecule has 0 amide bonds. The Morgan fingerprint density at radius 3 is 2.24 bits per heavy atom. The zero-order valence-corrected chi connectivity index (χ0v) is 14.3. The van der Waals surface area contributed by atoms with Gasteiger partial charge in [-0.2, -0.15) is 0 Å². The molecule has 0 spiro atoms. The number of allylic oxidation sites excluding steroid dienone is 2. The quantitative estimate of drug-likeness (QED) is 0.428. The number of esters is 1. The number of carbonyl (C=O) groups excluding carboxylic acids is 1. The maximum absolute atomic E-state index is 12.4. The summed E-state index contributed by atoms with van der Waals surface area (Å²) in [5.41, 5.74) is 2.71. The van der Waals surface area contributed by atoms with Gasteiger partial charge in [-0.15, -0.1) is 0 Å². The molecule has 1 aromatic rings. The molecule has 0 bridgehead atoms. The second-order valence-electron chi connectivity index (χ2n) is 5.89. The van der Waals surface area contributed by atoms with E-state index < -0.39 is 5.60 Å². The fourth-order valence-electron chi connectivity index (χ4n) is 2.01. The van der Waals surface area contributed by atoms with Gasteiger partial charge in [0.1, 0.15) is 5.60 Å². The molecule has 0 saturated carbocycles. The van der Waals surface area contributed by atoms with Gasteiger partial charge in [0.2, 0.25) is 0 Å². The van der Waals surface area contributed by atoms with Crippen LogP contribution in [-0.4, -0.2) is 11.6 Å². The first kappa shape index (κ1) is 17.5. The van der Waals surface area contributed by atoms with E-state index in [9.17, 15) is 4.79 Å². The SMILES string of the molecule is C/C=C(C(=O)OC(C)(C)C)\C(=C/C)c1ccc(C)cc1Cl. The molecule has 1 rings (SSSR count). The fraction of sp³-hybridized carbons (Fsp3) is 0.389. The third-order valence-electron chi connectivity index (χ3n) is 2.90. The van der Waals surface area contributed by atoms with Gasteiger partial charge in [-0.1, -0.05) is 35.9 Å². The van der Waals surface area contributed by atoms with Gasteiger partial charge in [-0.05, 0) is 58.7 Å². The highest BCUT2D eigenvalue weighted by atomic mass is 35.5. The van der Waals surface area contributed by atoms with Crippen LogP contribution in [0.2, 0.25) is 5.02 Å². The first-order valence-electron chi connectivity index (χ1n) is 7.02. The standard InChI is InChI=1S/C18H23ClO2/c1-7-13(15-10-9-12(3)11-16(15)19)14(8-2)17(20)21-18(4,5)6/h7-11H,1-6H3/b13-7+,14-8+. The summed E-state index contributed by atoms with van der Waals surface area (Å²) in [6.07, 6.45) is 3.65.